The van der Waals surface area contributed by atoms with E-state index in [-0.39, 0.29) is 0 Å². The number of rotatable bonds is 9. The Kier molecular flexibility index (Phi) is 6.56. The summed E-state index contributed by atoms with van der Waals surface area (Å²) in [6.45, 7) is 6.28. The number of benzene rings is 1. The molecule has 2 aromatic rings. The van der Waals surface area contributed by atoms with Gasteiger partial charge in [0.15, 0.2) is 0 Å². The summed E-state index contributed by atoms with van der Waals surface area (Å²) >= 11 is 0. The zero-order chi connectivity index (χ0) is 16.5. The molecule has 0 spiro atoms. The second-order valence-corrected chi connectivity index (χ2v) is 5.58. The van der Waals surface area contributed by atoms with Crippen molar-refractivity contribution in [1.82, 2.24) is 14.9 Å². The minimum Gasteiger partial charge on any atom is -0.370 e. The standard InChI is InChI=1S/C18H25N5/c1-4-11-20-18-21-16(15-9-6-5-7-10-15)14-17(22-18)19-12-8-13-23(2)3/h4-7,9-10,14H,1,8,11-13H2,2-3H3,(H2,19,20,21,22). The Balaban J connectivity index is 2.14. The highest BCUT2D eigenvalue weighted by molar-refractivity contribution is 5.64. The van der Waals surface area contributed by atoms with E-state index in [1.165, 1.54) is 0 Å². The monoisotopic (exact) mass is 311 g/mol. The van der Waals surface area contributed by atoms with Gasteiger partial charge in [0.1, 0.15) is 5.82 Å². The quantitative estimate of drug-likeness (QED) is 0.550. The van der Waals surface area contributed by atoms with Crippen molar-refractivity contribution in [3.63, 3.8) is 0 Å². The van der Waals surface area contributed by atoms with E-state index < -0.39 is 0 Å². The van der Waals surface area contributed by atoms with E-state index in [1.54, 1.807) is 6.08 Å². The largest absolute Gasteiger partial charge is 0.370 e. The van der Waals surface area contributed by atoms with Gasteiger partial charge in [0.25, 0.3) is 0 Å². The van der Waals surface area contributed by atoms with Gasteiger partial charge < -0.3 is 15.5 Å². The van der Waals surface area contributed by atoms with Gasteiger partial charge in [-0.1, -0.05) is 36.4 Å². The van der Waals surface area contributed by atoms with Crippen molar-refractivity contribution in [2.45, 2.75) is 6.42 Å². The zero-order valence-electron chi connectivity index (χ0n) is 13.9. The summed E-state index contributed by atoms with van der Waals surface area (Å²) in [5.41, 5.74) is 1.98. The van der Waals surface area contributed by atoms with Crippen LogP contribution in [0.1, 0.15) is 6.42 Å². The maximum atomic E-state index is 4.58. The van der Waals surface area contributed by atoms with Crippen molar-refractivity contribution >= 4 is 11.8 Å². The van der Waals surface area contributed by atoms with Crippen LogP contribution < -0.4 is 10.6 Å². The molecule has 5 nitrogen and oxygen atoms in total. The van der Waals surface area contributed by atoms with Gasteiger partial charge in [-0.15, -0.1) is 6.58 Å². The van der Waals surface area contributed by atoms with Crippen molar-refractivity contribution in [3.05, 3.63) is 49.1 Å². The molecule has 5 heteroatoms. The maximum Gasteiger partial charge on any atom is 0.225 e. The molecule has 0 fully saturated rings. The Bertz CT molecular complexity index is 610. The molecule has 0 unspecified atom stereocenters. The summed E-state index contributed by atoms with van der Waals surface area (Å²) in [7, 11) is 4.16. The second kappa shape index (κ2) is 8.90. The minimum absolute atomic E-state index is 0.612. The van der Waals surface area contributed by atoms with E-state index in [0.29, 0.717) is 12.5 Å². The highest BCUT2D eigenvalue weighted by atomic mass is 15.1. The highest BCUT2D eigenvalue weighted by Crippen LogP contribution is 2.21. The Morgan fingerprint density at radius 2 is 1.91 bits per heavy atom. The molecule has 122 valence electrons. The molecule has 0 aliphatic rings. The first-order valence-electron chi connectivity index (χ1n) is 7.87. The van der Waals surface area contributed by atoms with Crippen LogP contribution >= 0.6 is 0 Å². The first-order chi connectivity index (χ1) is 11.2. The van der Waals surface area contributed by atoms with E-state index in [4.69, 9.17) is 0 Å². The van der Waals surface area contributed by atoms with E-state index in [9.17, 15) is 0 Å². The molecule has 0 radical (unpaired) electrons. The Morgan fingerprint density at radius 3 is 2.61 bits per heavy atom. The molecule has 2 N–H and O–H groups in total. The molecular weight excluding hydrogens is 286 g/mol. The minimum atomic E-state index is 0.612. The van der Waals surface area contributed by atoms with Crippen LogP contribution in [0.2, 0.25) is 0 Å². The SMILES string of the molecule is C=CCNc1nc(NCCCN(C)C)cc(-c2ccccc2)n1. The van der Waals surface area contributed by atoms with Crippen molar-refractivity contribution in [2.75, 3.05) is 44.4 Å². The Hall–Kier alpha value is -2.40. The third-order valence-electron chi connectivity index (χ3n) is 3.29. The first-order valence-corrected chi connectivity index (χ1v) is 7.87. The van der Waals surface area contributed by atoms with Gasteiger partial charge in [0, 0.05) is 24.7 Å². The molecule has 23 heavy (non-hydrogen) atoms. The lowest BCUT2D eigenvalue weighted by Crippen LogP contribution is -2.17. The van der Waals surface area contributed by atoms with Crippen LogP contribution in [0.5, 0.6) is 0 Å². The summed E-state index contributed by atoms with van der Waals surface area (Å²) < 4.78 is 0. The van der Waals surface area contributed by atoms with Crippen molar-refractivity contribution in [2.24, 2.45) is 0 Å². The number of nitrogens with zero attached hydrogens (tertiary/aromatic N) is 3. The van der Waals surface area contributed by atoms with Crippen LogP contribution in [0, 0.1) is 0 Å². The third-order valence-corrected chi connectivity index (χ3v) is 3.29. The van der Waals surface area contributed by atoms with E-state index in [2.05, 4.69) is 58.3 Å². The molecule has 0 saturated heterocycles. The molecule has 1 aromatic heterocycles. The van der Waals surface area contributed by atoms with Crippen LogP contribution in [0.25, 0.3) is 11.3 Å². The normalized spacial score (nSPS) is 10.6. The number of nitrogens with one attached hydrogen (secondary N) is 2. The fraction of sp³-hybridized carbons (Fsp3) is 0.333. The lowest BCUT2D eigenvalue weighted by Gasteiger charge is -2.12. The van der Waals surface area contributed by atoms with Crippen molar-refractivity contribution in [3.8, 4) is 11.3 Å². The number of hydrogen-bond acceptors (Lipinski definition) is 5. The van der Waals surface area contributed by atoms with Crippen LogP contribution in [0.4, 0.5) is 11.8 Å². The van der Waals surface area contributed by atoms with Gasteiger partial charge in [-0.2, -0.15) is 4.98 Å². The van der Waals surface area contributed by atoms with Crippen molar-refractivity contribution < 1.29 is 0 Å². The van der Waals surface area contributed by atoms with Crippen molar-refractivity contribution in [1.29, 1.82) is 0 Å². The Labute approximate surface area is 138 Å². The predicted octanol–water partition coefficient (Wildman–Crippen LogP) is 3.11. The fourth-order valence-corrected chi connectivity index (χ4v) is 2.15. The topological polar surface area (TPSA) is 53.1 Å². The summed E-state index contributed by atoms with van der Waals surface area (Å²) in [5, 5.41) is 6.55. The molecular formula is C18H25N5. The maximum absolute atomic E-state index is 4.58. The summed E-state index contributed by atoms with van der Waals surface area (Å²) in [6, 6.07) is 12.1. The average Bonchev–Trinajstić information content (AvgIpc) is 2.57. The zero-order valence-corrected chi connectivity index (χ0v) is 13.9. The van der Waals surface area contributed by atoms with Crippen LogP contribution in [0.3, 0.4) is 0 Å². The van der Waals surface area contributed by atoms with Gasteiger partial charge in [-0.3, -0.25) is 0 Å². The third kappa shape index (κ3) is 5.71. The lowest BCUT2D eigenvalue weighted by molar-refractivity contribution is 0.405. The summed E-state index contributed by atoms with van der Waals surface area (Å²) in [4.78, 5) is 11.3. The lowest BCUT2D eigenvalue weighted by atomic mass is 10.1. The average molecular weight is 311 g/mol. The molecule has 0 atom stereocenters. The van der Waals surface area contributed by atoms with Crippen LogP contribution in [-0.2, 0) is 0 Å². The van der Waals surface area contributed by atoms with Gasteiger partial charge in [0.2, 0.25) is 5.95 Å². The van der Waals surface area contributed by atoms with Gasteiger partial charge in [-0.25, -0.2) is 4.98 Å². The second-order valence-electron chi connectivity index (χ2n) is 5.58. The number of anilines is 2. The van der Waals surface area contributed by atoms with Crippen LogP contribution in [-0.4, -0.2) is 48.6 Å². The van der Waals surface area contributed by atoms with Gasteiger partial charge >= 0.3 is 0 Å². The highest BCUT2D eigenvalue weighted by Gasteiger charge is 2.06. The van der Waals surface area contributed by atoms with Crippen LogP contribution in [0.15, 0.2) is 49.1 Å². The van der Waals surface area contributed by atoms with Gasteiger partial charge in [-0.05, 0) is 27.1 Å². The molecule has 2 rings (SSSR count). The Morgan fingerprint density at radius 1 is 1.13 bits per heavy atom. The number of aromatic nitrogens is 2. The van der Waals surface area contributed by atoms with E-state index >= 15 is 0 Å². The predicted molar refractivity (Wildman–Crippen MR) is 97.8 cm³/mol. The molecule has 0 saturated carbocycles. The molecule has 0 bridgehead atoms. The van der Waals surface area contributed by atoms with E-state index in [0.717, 1.165) is 36.6 Å². The smallest absolute Gasteiger partial charge is 0.225 e. The molecule has 0 aliphatic carbocycles. The summed E-state index contributed by atoms with van der Waals surface area (Å²) in [6.07, 6.45) is 2.86. The molecule has 0 amide bonds. The molecule has 0 aliphatic heterocycles. The molecule has 1 aromatic carbocycles. The first kappa shape index (κ1) is 17.0. The molecule has 1 heterocycles. The fourth-order valence-electron chi connectivity index (χ4n) is 2.15. The van der Waals surface area contributed by atoms with Gasteiger partial charge in [0.05, 0.1) is 5.69 Å². The van der Waals surface area contributed by atoms with E-state index in [1.807, 2.05) is 24.3 Å². The summed E-state index contributed by atoms with van der Waals surface area (Å²) in [5.74, 6) is 1.45. The number of hydrogen-bond donors (Lipinski definition) is 2.